The van der Waals surface area contributed by atoms with Crippen LogP contribution >= 0.6 is 0 Å². The molecule has 0 unspecified atom stereocenters. The van der Waals surface area contributed by atoms with Gasteiger partial charge in [-0.3, -0.25) is 14.9 Å². The van der Waals surface area contributed by atoms with Crippen molar-refractivity contribution >= 4 is 35.2 Å². The van der Waals surface area contributed by atoms with E-state index in [9.17, 15) is 9.59 Å². The van der Waals surface area contributed by atoms with E-state index in [1.165, 1.54) is 4.90 Å². The molecule has 4 rings (SSSR count). The number of hydrogen-bond acceptors (Lipinski definition) is 3. The first kappa shape index (κ1) is 17.4. The first-order valence-corrected chi connectivity index (χ1v) is 8.84. The van der Waals surface area contributed by atoms with Crippen LogP contribution in [0.15, 0.2) is 102 Å². The maximum atomic E-state index is 13.3. The Morgan fingerprint density at radius 2 is 1.32 bits per heavy atom. The van der Waals surface area contributed by atoms with Crippen molar-refractivity contribution in [3.63, 3.8) is 0 Å². The molecule has 0 atom stereocenters. The Bertz CT molecular complexity index is 1060. The predicted octanol–water partition coefficient (Wildman–Crippen LogP) is 3.92. The van der Waals surface area contributed by atoms with Gasteiger partial charge in [-0.15, -0.1) is 0 Å². The molecule has 5 nitrogen and oxygen atoms in total. The lowest BCUT2D eigenvalue weighted by atomic mass is 10.1. The molecule has 3 aromatic rings. The molecule has 0 radical (unpaired) electrons. The molecule has 0 spiro atoms. The largest absolute Gasteiger partial charge is 0.291 e. The van der Waals surface area contributed by atoms with E-state index >= 15 is 0 Å². The van der Waals surface area contributed by atoms with Crippen molar-refractivity contribution in [1.82, 2.24) is 5.32 Å². The van der Waals surface area contributed by atoms with Gasteiger partial charge in [0, 0.05) is 0 Å². The number of nitrogens with zero attached hydrogens (tertiary/aromatic N) is 2. The zero-order chi connectivity index (χ0) is 19.3. The lowest BCUT2D eigenvalue weighted by Gasteiger charge is -2.29. The van der Waals surface area contributed by atoms with Gasteiger partial charge in [-0.25, -0.2) is 9.89 Å². The van der Waals surface area contributed by atoms with Gasteiger partial charge in [0.1, 0.15) is 5.57 Å². The van der Waals surface area contributed by atoms with Crippen LogP contribution in [-0.2, 0) is 9.59 Å². The number of rotatable bonds is 3. The number of guanidine groups is 1. The molecule has 136 valence electrons. The second-order valence-corrected chi connectivity index (χ2v) is 6.17. The van der Waals surface area contributed by atoms with Crippen molar-refractivity contribution in [1.29, 1.82) is 0 Å². The van der Waals surface area contributed by atoms with Crippen LogP contribution < -0.4 is 10.2 Å². The van der Waals surface area contributed by atoms with Crippen molar-refractivity contribution < 1.29 is 9.59 Å². The van der Waals surface area contributed by atoms with E-state index in [1.807, 2.05) is 78.9 Å². The fraction of sp³-hybridized carbons (Fsp3) is 0. The molecule has 5 heteroatoms. The van der Waals surface area contributed by atoms with E-state index < -0.39 is 11.8 Å². The Morgan fingerprint density at radius 1 is 0.750 bits per heavy atom. The summed E-state index contributed by atoms with van der Waals surface area (Å²) in [6.45, 7) is 0. The molecule has 0 aromatic heterocycles. The summed E-state index contributed by atoms with van der Waals surface area (Å²) in [6.07, 6.45) is 1.59. The first-order valence-electron chi connectivity index (χ1n) is 8.84. The number of amides is 2. The maximum Gasteiger partial charge on any atom is 0.270 e. The standard InChI is InChI=1S/C23H17N3O2/c27-21-20(16-17-10-4-1-5-11-17)22(28)26(19-14-8-3-9-15-19)23(25-21)24-18-12-6-2-7-13-18/h1-16H,(H,24,25,27). The molecule has 0 saturated carbocycles. The topological polar surface area (TPSA) is 61.8 Å². The van der Waals surface area contributed by atoms with Crippen molar-refractivity contribution in [2.75, 3.05) is 4.90 Å². The van der Waals surface area contributed by atoms with E-state index in [4.69, 9.17) is 0 Å². The van der Waals surface area contributed by atoms with E-state index in [0.717, 1.165) is 5.56 Å². The molecule has 3 aromatic carbocycles. The number of carbonyl (C=O) groups excluding carboxylic acids is 2. The molecular formula is C23H17N3O2. The maximum absolute atomic E-state index is 13.3. The Labute approximate surface area is 162 Å². The number of anilines is 1. The summed E-state index contributed by atoms with van der Waals surface area (Å²) in [5, 5.41) is 2.76. The number of hydrogen-bond donors (Lipinski definition) is 1. The molecule has 2 amide bonds. The third-order valence-electron chi connectivity index (χ3n) is 4.23. The van der Waals surface area contributed by atoms with Gasteiger partial charge in [-0.05, 0) is 35.9 Å². The van der Waals surface area contributed by atoms with Gasteiger partial charge < -0.3 is 0 Å². The van der Waals surface area contributed by atoms with Gasteiger partial charge in [0.2, 0.25) is 5.96 Å². The zero-order valence-electron chi connectivity index (χ0n) is 14.9. The average molecular weight is 367 g/mol. The molecule has 1 N–H and O–H groups in total. The summed E-state index contributed by atoms with van der Waals surface area (Å²) >= 11 is 0. The zero-order valence-corrected chi connectivity index (χ0v) is 14.9. The molecule has 1 heterocycles. The molecule has 0 bridgehead atoms. The third-order valence-corrected chi connectivity index (χ3v) is 4.23. The number of aliphatic imine (C=N–C) groups is 1. The Balaban J connectivity index is 1.80. The van der Waals surface area contributed by atoms with Crippen LogP contribution in [0.1, 0.15) is 5.56 Å². The first-order chi connectivity index (χ1) is 13.7. The van der Waals surface area contributed by atoms with Crippen LogP contribution in [-0.4, -0.2) is 17.8 Å². The fourth-order valence-corrected chi connectivity index (χ4v) is 2.90. The van der Waals surface area contributed by atoms with Gasteiger partial charge in [0.05, 0.1) is 11.4 Å². The third kappa shape index (κ3) is 3.59. The number of nitrogens with one attached hydrogen (secondary N) is 1. The second-order valence-electron chi connectivity index (χ2n) is 6.17. The Hall–Kier alpha value is -3.99. The average Bonchev–Trinajstić information content (AvgIpc) is 2.73. The van der Waals surface area contributed by atoms with E-state index in [0.29, 0.717) is 11.4 Å². The monoisotopic (exact) mass is 367 g/mol. The Morgan fingerprint density at radius 3 is 1.96 bits per heavy atom. The van der Waals surface area contributed by atoms with Gasteiger partial charge in [0.25, 0.3) is 11.8 Å². The molecule has 0 aliphatic carbocycles. The summed E-state index contributed by atoms with van der Waals surface area (Å²) in [5.41, 5.74) is 2.10. The van der Waals surface area contributed by atoms with E-state index in [2.05, 4.69) is 10.3 Å². The molecule has 1 aliphatic rings. The number of benzene rings is 3. The van der Waals surface area contributed by atoms with Gasteiger partial charge in [-0.2, -0.15) is 0 Å². The second kappa shape index (κ2) is 7.72. The molecule has 1 fully saturated rings. The number of carbonyl (C=O) groups is 2. The predicted molar refractivity (Wildman–Crippen MR) is 110 cm³/mol. The summed E-state index contributed by atoms with van der Waals surface area (Å²) in [7, 11) is 0. The van der Waals surface area contributed by atoms with Crippen LogP contribution in [0.25, 0.3) is 6.08 Å². The van der Waals surface area contributed by atoms with Crippen LogP contribution in [0.5, 0.6) is 0 Å². The van der Waals surface area contributed by atoms with Crippen LogP contribution in [0.3, 0.4) is 0 Å². The summed E-state index contributed by atoms with van der Waals surface area (Å²) in [6, 6.07) is 27.6. The van der Waals surface area contributed by atoms with E-state index in [-0.39, 0.29) is 11.5 Å². The molecule has 1 saturated heterocycles. The minimum absolute atomic E-state index is 0.0575. The highest BCUT2D eigenvalue weighted by molar-refractivity contribution is 6.40. The smallest absolute Gasteiger partial charge is 0.270 e. The highest BCUT2D eigenvalue weighted by Gasteiger charge is 2.35. The minimum Gasteiger partial charge on any atom is -0.291 e. The fourth-order valence-electron chi connectivity index (χ4n) is 2.90. The van der Waals surface area contributed by atoms with Gasteiger partial charge in [-0.1, -0.05) is 66.7 Å². The van der Waals surface area contributed by atoms with Crippen LogP contribution in [0.2, 0.25) is 0 Å². The normalized spacial score (nSPS) is 17.1. The van der Waals surface area contributed by atoms with Crippen molar-refractivity contribution in [2.24, 2.45) is 4.99 Å². The number of para-hydroxylation sites is 2. The molecular weight excluding hydrogens is 350 g/mol. The highest BCUT2D eigenvalue weighted by atomic mass is 16.2. The summed E-state index contributed by atoms with van der Waals surface area (Å²) in [4.78, 5) is 31.8. The van der Waals surface area contributed by atoms with Crippen molar-refractivity contribution in [2.45, 2.75) is 0 Å². The SMILES string of the molecule is O=C1NC(=Nc2ccccc2)N(c2ccccc2)C(=O)C1=Cc1ccccc1. The summed E-state index contributed by atoms with van der Waals surface area (Å²) < 4.78 is 0. The summed E-state index contributed by atoms with van der Waals surface area (Å²) in [5.74, 6) is -0.721. The van der Waals surface area contributed by atoms with Gasteiger partial charge in [0.15, 0.2) is 0 Å². The van der Waals surface area contributed by atoms with Crippen LogP contribution in [0.4, 0.5) is 11.4 Å². The van der Waals surface area contributed by atoms with Crippen LogP contribution in [0, 0.1) is 0 Å². The van der Waals surface area contributed by atoms with Gasteiger partial charge >= 0.3 is 0 Å². The minimum atomic E-state index is -0.476. The molecule has 28 heavy (non-hydrogen) atoms. The van der Waals surface area contributed by atoms with E-state index in [1.54, 1.807) is 18.2 Å². The van der Waals surface area contributed by atoms with Crippen molar-refractivity contribution in [3.8, 4) is 0 Å². The van der Waals surface area contributed by atoms with Crippen molar-refractivity contribution in [3.05, 3.63) is 102 Å². The lowest BCUT2D eigenvalue weighted by Crippen LogP contribution is -2.55. The quantitative estimate of drug-likeness (QED) is 0.563. The Kier molecular flexibility index (Phi) is 4.80. The lowest BCUT2D eigenvalue weighted by molar-refractivity contribution is -0.122. The highest BCUT2D eigenvalue weighted by Crippen LogP contribution is 2.23. The molecule has 1 aliphatic heterocycles.